The van der Waals surface area contributed by atoms with Gasteiger partial charge in [0.25, 0.3) is 0 Å². The van der Waals surface area contributed by atoms with E-state index in [1.165, 1.54) is 0 Å². The van der Waals surface area contributed by atoms with Gasteiger partial charge in [-0.2, -0.15) is 0 Å². The van der Waals surface area contributed by atoms with Crippen molar-refractivity contribution in [3.8, 4) is 0 Å². The highest BCUT2D eigenvalue weighted by Gasteiger charge is 1.18. The Kier molecular flexibility index (Phi) is 26.4. The Morgan fingerprint density at radius 1 is 1.75 bits per heavy atom. The molecule has 1 heteroatoms. The van der Waals surface area contributed by atoms with E-state index in [-0.39, 0.29) is 12.4 Å². The second kappa shape index (κ2) is 11.8. The lowest BCUT2D eigenvalue weighted by Crippen LogP contribution is -1.09. The van der Waals surface area contributed by atoms with Crippen LogP contribution in [-0.2, 0) is 0 Å². The molecule has 0 aromatic heterocycles. The molecule has 0 aromatic rings. The van der Waals surface area contributed by atoms with Crippen LogP contribution in [0, 0.1) is 6.92 Å². The molecular formula is C3H4Cl. The van der Waals surface area contributed by atoms with Gasteiger partial charge in [0.2, 0.25) is 0 Å². The molecule has 0 heterocycles. The van der Waals surface area contributed by atoms with E-state index in [1.54, 1.807) is 0 Å². The molecular weight excluding hydrogens is 71.5 g/mol. The average Bonchev–Trinajstić information content (AvgIpc) is 0.918. The molecule has 0 unspecified atom stereocenters. The van der Waals surface area contributed by atoms with Crippen LogP contribution < -0.4 is 0 Å². The minimum atomic E-state index is 0. The lowest BCUT2D eigenvalue weighted by atomic mass is 10.8. The fourth-order valence-electron chi connectivity index (χ4n) is 0. The number of halogens is 1. The van der Waals surface area contributed by atoms with E-state index in [4.69, 9.17) is 6.92 Å². The molecule has 0 nitrogen and oxygen atoms in total. The van der Waals surface area contributed by atoms with Crippen molar-refractivity contribution in [1.82, 2.24) is 0 Å². The lowest BCUT2D eigenvalue weighted by molar-refractivity contribution is 2.19. The SMILES string of the molecule is Cl.[C]C=C. The van der Waals surface area contributed by atoms with Crippen molar-refractivity contribution < 1.29 is 0 Å². The summed E-state index contributed by atoms with van der Waals surface area (Å²) in [6, 6.07) is 0. The molecule has 0 fully saturated rings. The summed E-state index contributed by atoms with van der Waals surface area (Å²) in [4.78, 5) is 0. The van der Waals surface area contributed by atoms with Crippen LogP contribution in [-0.4, -0.2) is 0 Å². The van der Waals surface area contributed by atoms with E-state index >= 15 is 0 Å². The van der Waals surface area contributed by atoms with Crippen LogP contribution in [0.4, 0.5) is 0 Å². The predicted octanol–water partition coefficient (Wildman–Crippen LogP) is 1.18. The summed E-state index contributed by atoms with van der Waals surface area (Å²) in [5.74, 6) is 0. The van der Waals surface area contributed by atoms with Gasteiger partial charge >= 0.3 is 0 Å². The summed E-state index contributed by atoms with van der Waals surface area (Å²) in [6.45, 7) is 9.00. The third-order valence-electron chi connectivity index (χ3n) is 0. The molecule has 4 heavy (non-hydrogen) atoms. The van der Waals surface area contributed by atoms with Crippen molar-refractivity contribution in [1.29, 1.82) is 0 Å². The molecule has 0 aliphatic heterocycles. The zero-order valence-corrected chi connectivity index (χ0v) is 3.01. The van der Waals surface area contributed by atoms with Crippen LogP contribution >= 0.6 is 12.4 Å². The topological polar surface area (TPSA) is 0 Å². The maximum Gasteiger partial charge on any atom is 0.0206 e. The van der Waals surface area contributed by atoms with Crippen molar-refractivity contribution in [3.05, 3.63) is 19.6 Å². The maximum atomic E-state index is 5.97. The highest BCUT2D eigenvalue weighted by Crippen LogP contribution is 1.36. The molecule has 0 aliphatic rings. The first-order valence-electron chi connectivity index (χ1n) is 0.697. The van der Waals surface area contributed by atoms with Gasteiger partial charge in [0.15, 0.2) is 0 Å². The summed E-state index contributed by atoms with van der Waals surface area (Å²) in [7, 11) is 0. The molecule has 3 radical (unpaired) electrons. The van der Waals surface area contributed by atoms with Gasteiger partial charge in [-0.15, -0.1) is 19.0 Å². The first kappa shape index (κ1) is 8.98. The van der Waals surface area contributed by atoms with Crippen molar-refractivity contribution in [2.75, 3.05) is 0 Å². The second-order valence-electron chi connectivity index (χ2n) is 0.204. The van der Waals surface area contributed by atoms with E-state index < -0.39 is 0 Å². The fourth-order valence-corrected chi connectivity index (χ4v) is 0. The summed E-state index contributed by atoms with van der Waals surface area (Å²) >= 11 is 0. The summed E-state index contributed by atoms with van der Waals surface area (Å²) in [5.41, 5.74) is 0. The quantitative estimate of drug-likeness (QED) is 0.406. The molecule has 23 valence electrons. The third-order valence-corrected chi connectivity index (χ3v) is 0. The van der Waals surface area contributed by atoms with Crippen LogP contribution in [0.25, 0.3) is 0 Å². The Morgan fingerprint density at radius 2 is 1.75 bits per heavy atom. The molecule has 0 N–H and O–H groups in total. The monoisotopic (exact) mass is 75.0 g/mol. The highest BCUT2D eigenvalue weighted by atomic mass is 35.5. The van der Waals surface area contributed by atoms with E-state index in [0.717, 1.165) is 6.08 Å². The first-order valence-corrected chi connectivity index (χ1v) is 0.697. The zero-order chi connectivity index (χ0) is 2.71. The molecule has 0 saturated carbocycles. The maximum absolute atomic E-state index is 5.97. The second-order valence-corrected chi connectivity index (χ2v) is 0.204. The van der Waals surface area contributed by atoms with Gasteiger partial charge < -0.3 is 0 Å². The van der Waals surface area contributed by atoms with Crippen LogP contribution in [0.15, 0.2) is 12.7 Å². The van der Waals surface area contributed by atoms with Gasteiger partial charge in [-0.05, 0) is 0 Å². The summed E-state index contributed by atoms with van der Waals surface area (Å²) in [5, 5.41) is 0. The molecule has 0 saturated heterocycles. The third kappa shape index (κ3) is 2390. The summed E-state index contributed by atoms with van der Waals surface area (Å²) in [6.07, 6.45) is 1.00. The molecule has 0 aliphatic carbocycles. The Hall–Kier alpha value is 0.0300. The Bertz CT molecular complexity index is 10.8. The van der Waals surface area contributed by atoms with Gasteiger partial charge in [0.1, 0.15) is 0 Å². The lowest BCUT2D eigenvalue weighted by Gasteiger charge is -1.28. The van der Waals surface area contributed by atoms with E-state index in [9.17, 15) is 0 Å². The van der Waals surface area contributed by atoms with E-state index in [2.05, 4.69) is 6.58 Å². The standard InChI is InChI=1S/C3H3.ClH/c1-3-2;/h3H,1H2;1H. The molecule has 0 bridgehead atoms. The fraction of sp³-hybridized carbons (Fsp3) is 0. The minimum Gasteiger partial charge on any atom is -0.147 e. The Labute approximate surface area is 32.9 Å². The van der Waals surface area contributed by atoms with E-state index in [1.807, 2.05) is 0 Å². The van der Waals surface area contributed by atoms with E-state index in [0.29, 0.717) is 0 Å². The Balaban J connectivity index is 0. The molecule has 0 amide bonds. The zero-order valence-electron chi connectivity index (χ0n) is 2.19. The number of hydrogen-bond donors (Lipinski definition) is 0. The largest absolute Gasteiger partial charge is 0.147 e. The number of allylic oxidation sites excluding steroid dienone is 1. The van der Waals surface area contributed by atoms with Crippen LogP contribution in [0.3, 0.4) is 0 Å². The predicted molar refractivity (Wildman–Crippen MR) is 20.7 cm³/mol. The molecule has 0 spiro atoms. The Morgan fingerprint density at radius 3 is 1.75 bits per heavy atom. The summed E-state index contributed by atoms with van der Waals surface area (Å²) < 4.78 is 0. The molecule has 0 rings (SSSR count). The van der Waals surface area contributed by atoms with Crippen LogP contribution in [0.1, 0.15) is 0 Å². The van der Waals surface area contributed by atoms with Crippen molar-refractivity contribution in [2.24, 2.45) is 0 Å². The van der Waals surface area contributed by atoms with Crippen LogP contribution in [0.5, 0.6) is 0 Å². The molecule has 0 aromatic carbocycles. The van der Waals surface area contributed by atoms with Gasteiger partial charge in [-0.3, -0.25) is 0 Å². The van der Waals surface area contributed by atoms with Crippen molar-refractivity contribution in [3.63, 3.8) is 0 Å². The van der Waals surface area contributed by atoms with Gasteiger partial charge in [0.05, 0.1) is 0 Å². The highest BCUT2D eigenvalue weighted by molar-refractivity contribution is 5.85. The average molecular weight is 75.5 g/mol. The van der Waals surface area contributed by atoms with Gasteiger partial charge in [-0.25, -0.2) is 0 Å². The van der Waals surface area contributed by atoms with Gasteiger partial charge in [0, 0.05) is 6.92 Å². The minimum absolute atomic E-state index is 0. The van der Waals surface area contributed by atoms with Crippen molar-refractivity contribution >= 4 is 12.4 Å². The normalized spacial score (nSPS) is 3.25. The first-order chi connectivity index (χ1) is 1.41. The number of rotatable bonds is 0. The van der Waals surface area contributed by atoms with Crippen LogP contribution in [0.2, 0.25) is 0 Å². The molecule has 0 atom stereocenters. The smallest absolute Gasteiger partial charge is 0.0206 e. The van der Waals surface area contributed by atoms with Crippen molar-refractivity contribution in [2.45, 2.75) is 0 Å². The number of hydrogen-bond acceptors (Lipinski definition) is 0. The van der Waals surface area contributed by atoms with Gasteiger partial charge in [-0.1, -0.05) is 6.08 Å².